The van der Waals surface area contributed by atoms with Crippen LogP contribution >= 0.6 is 0 Å². The first-order valence-electron chi connectivity index (χ1n) is 10.5. The molecule has 3 atom stereocenters. The van der Waals surface area contributed by atoms with Crippen molar-refractivity contribution in [1.82, 2.24) is 10.6 Å². The molecule has 1 spiro atoms. The standard InChI is InChI=1S/C26H28N2/c1-4-11-20(12-5-1)23-17-10-18-26(19-23)27-24(21-13-6-2-7-14-21)25(28-26)22-15-8-3-9-16-22/h1-9,11-16,23-25,27-28H,10,17-19H2/t23-,24-,25-/m1/s1. The monoisotopic (exact) mass is 368 g/mol. The van der Waals surface area contributed by atoms with Crippen molar-refractivity contribution >= 4 is 0 Å². The Balaban J connectivity index is 1.47. The zero-order valence-corrected chi connectivity index (χ0v) is 16.2. The predicted molar refractivity (Wildman–Crippen MR) is 115 cm³/mol. The lowest BCUT2D eigenvalue weighted by Crippen LogP contribution is -2.52. The number of rotatable bonds is 3. The molecule has 3 aromatic rings. The van der Waals surface area contributed by atoms with Crippen LogP contribution in [0.15, 0.2) is 91.0 Å². The lowest BCUT2D eigenvalue weighted by molar-refractivity contribution is 0.203. The topological polar surface area (TPSA) is 24.1 Å². The molecule has 2 fully saturated rings. The largest absolute Gasteiger partial charge is 0.290 e. The van der Waals surface area contributed by atoms with Gasteiger partial charge in [-0.2, -0.15) is 0 Å². The van der Waals surface area contributed by atoms with E-state index in [-0.39, 0.29) is 17.7 Å². The molecule has 2 nitrogen and oxygen atoms in total. The number of benzene rings is 3. The summed E-state index contributed by atoms with van der Waals surface area (Å²) in [6.45, 7) is 0. The molecule has 0 radical (unpaired) electrons. The molecule has 1 heterocycles. The van der Waals surface area contributed by atoms with E-state index in [9.17, 15) is 0 Å². The average molecular weight is 369 g/mol. The van der Waals surface area contributed by atoms with Crippen LogP contribution in [0.1, 0.15) is 60.4 Å². The van der Waals surface area contributed by atoms with Crippen LogP contribution in [0.4, 0.5) is 0 Å². The third kappa shape index (κ3) is 3.39. The van der Waals surface area contributed by atoms with Crippen molar-refractivity contribution in [2.24, 2.45) is 0 Å². The van der Waals surface area contributed by atoms with Gasteiger partial charge in [-0.25, -0.2) is 0 Å². The van der Waals surface area contributed by atoms with E-state index in [0.717, 1.165) is 6.42 Å². The zero-order chi connectivity index (χ0) is 18.8. The molecule has 0 unspecified atom stereocenters. The maximum Gasteiger partial charge on any atom is 0.0703 e. The van der Waals surface area contributed by atoms with E-state index < -0.39 is 0 Å². The molecule has 1 saturated carbocycles. The maximum absolute atomic E-state index is 4.06. The van der Waals surface area contributed by atoms with Crippen molar-refractivity contribution in [2.45, 2.75) is 49.3 Å². The van der Waals surface area contributed by atoms with E-state index in [0.29, 0.717) is 5.92 Å². The predicted octanol–water partition coefficient (Wildman–Crippen LogP) is 5.72. The fraction of sp³-hybridized carbons (Fsp3) is 0.308. The van der Waals surface area contributed by atoms with Gasteiger partial charge in [-0.15, -0.1) is 0 Å². The van der Waals surface area contributed by atoms with Gasteiger partial charge in [-0.3, -0.25) is 10.6 Å². The minimum Gasteiger partial charge on any atom is -0.290 e. The molecular formula is C26H28N2. The van der Waals surface area contributed by atoms with E-state index in [4.69, 9.17) is 0 Å². The van der Waals surface area contributed by atoms with Gasteiger partial charge in [0.25, 0.3) is 0 Å². The SMILES string of the molecule is c1ccc([C@@H]2CCCC3(C2)N[C@H](c2ccccc2)[C@@H](c2ccccc2)N3)cc1. The highest BCUT2D eigenvalue weighted by molar-refractivity contribution is 5.32. The van der Waals surface area contributed by atoms with Crippen LogP contribution < -0.4 is 10.6 Å². The Morgan fingerprint density at radius 3 is 1.57 bits per heavy atom. The summed E-state index contributed by atoms with van der Waals surface area (Å²) in [6, 6.07) is 33.5. The fourth-order valence-electron chi connectivity index (χ4n) is 5.22. The smallest absolute Gasteiger partial charge is 0.0703 e. The van der Waals surface area contributed by atoms with Crippen LogP contribution in [0.5, 0.6) is 0 Å². The van der Waals surface area contributed by atoms with Gasteiger partial charge in [0.1, 0.15) is 0 Å². The molecule has 5 rings (SSSR count). The van der Waals surface area contributed by atoms with Crippen LogP contribution in [-0.2, 0) is 0 Å². The summed E-state index contributed by atoms with van der Waals surface area (Å²) in [4.78, 5) is 0. The van der Waals surface area contributed by atoms with E-state index in [1.165, 1.54) is 36.0 Å². The highest BCUT2D eigenvalue weighted by Crippen LogP contribution is 2.45. The molecule has 2 N–H and O–H groups in total. The summed E-state index contributed by atoms with van der Waals surface area (Å²) >= 11 is 0. The van der Waals surface area contributed by atoms with Gasteiger partial charge in [0.05, 0.1) is 17.7 Å². The number of nitrogens with one attached hydrogen (secondary N) is 2. The molecule has 1 aliphatic carbocycles. The zero-order valence-electron chi connectivity index (χ0n) is 16.2. The van der Waals surface area contributed by atoms with E-state index in [2.05, 4.69) is 102 Å². The second-order valence-corrected chi connectivity index (χ2v) is 8.35. The molecular weight excluding hydrogens is 340 g/mol. The van der Waals surface area contributed by atoms with Gasteiger partial charge in [-0.05, 0) is 48.3 Å². The Morgan fingerprint density at radius 1 is 0.607 bits per heavy atom. The normalized spacial score (nSPS) is 26.4. The van der Waals surface area contributed by atoms with Gasteiger partial charge < -0.3 is 0 Å². The Hall–Kier alpha value is -2.42. The van der Waals surface area contributed by atoms with Crippen molar-refractivity contribution in [3.63, 3.8) is 0 Å². The van der Waals surface area contributed by atoms with Crippen molar-refractivity contribution in [2.75, 3.05) is 0 Å². The molecule has 28 heavy (non-hydrogen) atoms. The molecule has 142 valence electrons. The van der Waals surface area contributed by atoms with E-state index >= 15 is 0 Å². The van der Waals surface area contributed by atoms with Gasteiger partial charge >= 0.3 is 0 Å². The summed E-state index contributed by atoms with van der Waals surface area (Å²) in [6.07, 6.45) is 4.86. The molecule has 2 heteroatoms. The molecule has 1 saturated heterocycles. The Labute approximate surface area is 168 Å². The van der Waals surface area contributed by atoms with Crippen LogP contribution in [0.25, 0.3) is 0 Å². The van der Waals surface area contributed by atoms with Crippen molar-refractivity contribution in [3.8, 4) is 0 Å². The summed E-state index contributed by atoms with van der Waals surface area (Å²) in [5.41, 5.74) is 4.20. The highest BCUT2D eigenvalue weighted by Gasteiger charge is 2.47. The van der Waals surface area contributed by atoms with Crippen LogP contribution in [0.2, 0.25) is 0 Å². The van der Waals surface area contributed by atoms with Crippen LogP contribution in [0.3, 0.4) is 0 Å². The average Bonchev–Trinajstić information content (AvgIpc) is 3.14. The Bertz CT molecular complexity index is 844. The minimum absolute atomic E-state index is 0.000224. The molecule has 0 amide bonds. The third-order valence-corrected chi connectivity index (χ3v) is 6.54. The number of hydrogen-bond acceptors (Lipinski definition) is 2. The molecule has 3 aromatic carbocycles. The van der Waals surface area contributed by atoms with Gasteiger partial charge in [0.15, 0.2) is 0 Å². The van der Waals surface area contributed by atoms with Crippen LogP contribution in [0, 0.1) is 0 Å². The molecule has 0 bridgehead atoms. The first-order chi connectivity index (χ1) is 13.8. The van der Waals surface area contributed by atoms with Crippen molar-refractivity contribution < 1.29 is 0 Å². The number of hydrogen-bond donors (Lipinski definition) is 2. The lowest BCUT2D eigenvalue weighted by atomic mass is 9.78. The first-order valence-corrected chi connectivity index (χ1v) is 10.5. The summed E-state index contributed by atoms with van der Waals surface area (Å²) in [5, 5.41) is 8.12. The summed E-state index contributed by atoms with van der Waals surface area (Å²) in [5.74, 6) is 0.612. The summed E-state index contributed by atoms with van der Waals surface area (Å²) in [7, 11) is 0. The Morgan fingerprint density at radius 2 is 1.07 bits per heavy atom. The van der Waals surface area contributed by atoms with E-state index in [1.807, 2.05) is 0 Å². The van der Waals surface area contributed by atoms with Crippen LogP contribution in [-0.4, -0.2) is 5.66 Å². The fourth-order valence-corrected chi connectivity index (χ4v) is 5.22. The van der Waals surface area contributed by atoms with Gasteiger partial charge in [0.2, 0.25) is 0 Å². The van der Waals surface area contributed by atoms with E-state index in [1.54, 1.807) is 0 Å². The van der Waals surface area contributed by atoms with Gasteiger partial charge in [0, 0.05) is 0 Å². The quantitative estimate of drug-likeness (QED) is 0.618. The molecule has 1 aliphatic heterocycles. The van der Waals surface area contributed by atoms with Crippen molar-refractivity contribution in [1.29, 1.82) is 0 Å². The maximum atomic E-state index is 4.06. The highest BCUT2D eigenvalue weighted by atomic mass is 15.3. The summed E-state index contributed by atoms with van der Waals surface area (Å²) < 4.78 is 0. The second-order valence-electron chi connectivity index (χ2n) is 8.35. The third-order valence-electron chi connectivity index (χ3n) is 6.54. The Kier molecular flexibility index (Phi) is 4.76. The lowest BCUT2D eigenvalue weighted by Gasteiger charge is -2.39. The van der Waals surface area contributed by atoms with Crippen molar-refractivity contribution in [3.05, 3.63) is 108 Å². The molecule has 0 aromatic heterocycles. The first kappa shape index (κ1) is 17.7. The van der Waals surface area contributed by atoms with Gasteiger partial charge in [-0.1, -0.05) is 91.0 Å². The minimum atomic E-state index is -0.000224. The molecule has 2 aliphatic rings. The second kappa shape index (κ2) is 7.54.